The van der Waals surface area contributed by atoms with Crippen molar-refractivity contribution in [3.05, 3.63) is 57.9 Å². The monoisotopic (exact) mass is 285 g/mol. The van der Waals surface area contributed by atoms with Crippen LogP contribution in [0.1, 0.15) is 34.3 Å². The molecule has 20 heavy (non-hydrogen) atoms. The van der Waals surface area contributed by atoms with Crippen molar-refractivity contribution in [1.82, 2.24) is 5.32 Å². The Bertz CT molecular complexity index is 754. The van der Waals surface area contributed by atoms with E-state index >= 15 is 0 Å². The van der Waals surface area contributed by atoms with Crippen molar-refractivity contribution < 1.29 is 4.42 Å². The maximum absolute atomic E-state index is 5.81. The fourth-order valence-corrected chi connectivity index (χ4v) is 3.88. The summed E-state index contributed by atoms with van der Waals surface area (Å²) in [6, 6.07) is 8.86. The van der Waals surface area contributed by atoms with Crippen molar-refractivity contribution >= 4 is 21.4 Å². The first-order valence-electron chi connectivity index (χ1n) is 6.83. The highest BCUT2D eigenvalue weighted by molar-refractivity contribution is 7.17. The van der Waals surface area contributed by atoms with E-state index in [0.29, 0.717) is 0 Å². The van der Waals surface area contributed by atoms with Crippen LogP contribution in [0.3, 0.4) is 0 Å². The molecule has 0 saturated heterocycles. The highest BCUT2D eigenvalue weighted by Crippen LogP contribution is 2.36. The van der Waals surface area contributed by atoms with Gasteiger partial charge in [0.05, 0.1) is 6.04 Å². The van der Waals surface area contributed by atoms with Gasteiger partial charge in [-0.25, -0.2) is 0 Å². The lowest BCUT2D eigenvalue weighted by molar-refractivity contribution is 0.496. The molecule has 0 fully saturated rings. The Kier molecular flexibility index (Phi) is 3.40. The molecular formula is C17H19NOS. The third-order valence-electron chi connectivity index (χ3n) is 4.02. The predicted octanol–water partition coefficient (Wildman–Crippen LogP) is 4.73. The van der Waals surface area contributed by atoms with E-state index in [-0.39, 0.29) is 6.04 Å². The number of aryl methyl sites for hydroxylation is 2. The molecule has 1 N–H and O–H groups in total. The van der Waals surface area contributed by atoms with Crippen LogP contribution in [-0.4, -0.2) is 7.05 Å². The van der Waals surface area contributed by atoms with Crippen LogP contribution in [0.15, 0.2) is 34.1 Å². The third-order valence-corrected chi connectivity index (χ3v) is 4.99. The van der Waals surface area contributed by atoms with Crippen molar-refractivity contribution in [3.63, 3.8) is 0 Å². The van der Waals surface area contributed by atoms with Crippen molar-refractivity contribution in [2.24, 2.45) is 0 Å². The molecule has 3 aromatic rings. The summed E-state index contributed by atoms with van der Waals surface area (Å²) in [6.07, 6.45) is 0. The lowest BCUT2D eigenvalue weighted by atomic mass is 9.95. The first-order valence-corrected chi connectivity index (χ1v) is 7.71. The van der Waals surface area contributed by atoms with Gasteiger partial charge in [0, 0.05) is 10.3 Å². The third kappa shape index (κ3) is 1.98. The lowest BCUT2D eigenvalue weighted by Crippen LogP contribution is -2.19. The zero-order valence-electron chi connectivity index (χ0n) is 12.3. The summed E-state index contributed by atoms with van der Waals surface area (Å²) in [6.45, 7) is 6.22. The second-order valence-electron chi connectivity index (χ2n) is 5.16. The Morgan fingerprint density at radius 1 is 1.10 bits per heavy atom. The summed E-state index contributed by atoms with van der Waals surface area (Å²) < 4.78 is 7.16. The van der Waals surface area contributed by atoms with Gasteiger partial charge in [0.2, 0.25) is 0 Å². The second-order valence-corrected chi connectivity index (χ2v) is 6.08. The minimum absolute atomic E-state index is 0.176. The fourth-order valence-electron chi connectivity index (χ4n) is 2.93. The first kappa shape index (κ1) is 13.4. The molecule has 3 rings (SSSR count). The van der Waals surface area contributed by atoms with Crippen molar-refractivity contribution in [1.29, 1.82) is 0 Å². The van der Waals surface area contributed by atoms with Gasteiger partial charge in [0.25, 0.3) is 0 Å². The number of fused-ring (bicyclic) bond motifs is 1. The number of rotatable bonds is 3. The topological polar surface area (TPSA) is 25.2 Å². The molecule has 0 saturated carbocycles. The van der Waals surface area contributed by atoms with E-state index in [4.69, 9.17) is 4.42 Å². The SMILES string of the molecule is CNC(c1c(C)oc(C)c1C)c1cccc2ccsc12. The predicted molar refractivity (Wildman–Crippen MR) is 85.6 cm³/mol. The van der Waals surface area contributed by atoms with Gasteiger partial charge < -0.3 is 9.73 Å². The van der Waals surface area contributed by atoms with Gasteiger partial charge in [-0.3, -0.25) is 0 Å². The number of hydrogen-bond donors (Lipinski definition) is 1. The molecule has 0 aliphatic carbocycles. The van der Waals surface area contributed by atoms with Crippen molar-refractivity contribution in [2.75, 3.05) is 7.05 Å². The van der Waals surface area contributed by atoms with E-state index < -0.39 is 0 Å². The fraction of sp³-hybridized carbons (Fsp3) is 0.294. The molecule has 0 aliphatic rings. The van der Waals surface area contributed by atoms with Crippen LogP contribution in [0.4, 0.5) is 0 Å². The smallest absolute Gasteiger partial charge is 0.106 e. The Morgan fingerprint density at radius 3 is 2.55 bits per heavy atom. The minimum atomic E-state index is 0.176. The molecule has 2 aromatic heterocycles. The maximum Gasteiger partial charge on any atom is 0.106 e. The van der Waals surface area contributed by atoms with Crippen LogP contribution in [0, 0.1) is 20.8 Å². The van der Waals surface area contributed by atoms with E-state index in [0.717, 1.165) is 11.5 Å². The van der Waals surface area contributed by atoms with Crippen LogP contribution in [0.25, 0.3) is 10.1 Å². The molecule has 104 valence electrons. The molecule has 0 radical (unpaired) electrons. The summed E-state index contributed by atoms with van der Waals surface area (Å²) in [5.74, 6) is 2.02. The summed E-state index contributed by atoms with van der Waals surface area (Å²) in [5, 5.41) is 6.92. The van der Waals surface area contributed by atoms with Gasteiger partial charge in [-0.1, -0.05) is 18.2 Å². The number of thiophene rings is 1. The molecule has 1 unspecified atom stereocenters. The summed E-state index contributed by atoms with van der Waals surface area (Å²) in [4.78, 5) is 0. The van der Waals surface area contributed by atoms with Crippen molar-refractivity contribution in [2.45, 2.75) is 26.8 Å². The van der Waals surface area contributed by atoms with Crippen LogP contribution >= 0.6 is 11.3 Å². The minimum Gasteiger partial charge on any atom is -0.466 e. The van der Waals surface area contributed by atoms with E-state index in [1.165, 1.54) is 26.8 Å². The van der Waals surface area contributed by atoms with Crippen LogP contribution in [0.5, 0.6) is 0 Å². The Labute approximate surface area is 123 Å². The Balaban J connectivity index is 2.21. The van der Waals surface area contributed by atoms with Crippen LogP contribution in [-0.2, 0) is 0 Å². The van der Waals surface area contributed by atoms with Gasteiger partial charge in [0.15, 0.2) is 0 Å². The molecular weight excluding hydrogens is 266 g/mol. The van der Waals surface area contributed by atoms with E-state index in [1.54, 1.807) is 11.3 Å². The molecule has 0 amide bonds. The molecule has 0 spiro atoms. The van der Waals surface area contributed by atoms with E-state index in [9.17, 15) is 0 Å². The van der Waals surface area contributed by atoms with E-state index in [1.807, 2.05) is 20.9 Å². The molecule has 3 heteroatoms. The van der Waals surface area contributed by atoms with Gasteiger partial charge in [-0.05, 0) is 55.8 Å². The van der Waals surface area contributed by atoms with Crippen LogP contribution in [0.2, 0.25) is 0 Å². The number of furan rings is 1. The van der Waals surface area contributed by atoms with Gasteiger partial charge in [-0.15, -0.1) is 11.3 Å². The van der Waals surface area contributed by atoms with E-state index in [2.05, 4.69) is 41.9 Å². The Hall–Kier alpha value is -1.58. The van der Waals surface area contributed by atoms with Crippen molar-refractivity contribution in [3.8, 4) is 0 Å². The number of benzene rings is 1. The normalized spacial score (nSPS) is 13.0. The lowest BCUT2D eigenvalue weighted by Gasteiger charge is -2.18. The molecule has 2 nitrogen and oxygen atoms in total. The summed E-state index contributed by atoms with van der Waals surface area (Å²) in [5.41, 5.74) is 3.84. The average molecular weight is 285 g/mol. The molecule has 0 bridgehead atoms. The summed E-state index contributed by atoms with van der Waals surface area (Å²) >= 11 is 1.80. The summed E-state index contributed by atoms with van der Waals surface area (Å²) in [7, 11) is 2.01. The molecule has 1 aromatic carbocycles. The zero-order chi connectivity index (χ0) is 14.3. The van der Waals surface area contributed by atoms with Gasteiger partial charge >= 0.3 is 0 Å². The Morgan fingerprint density at radius 2 is 1.90 bits per heavy atom. The molecule has 0 aliphatic heterocycles. The number of hydrogen-bond acceptors (Lipinski definition) is 3. The number of nitrogens with one attached hydrogen (secondary N) is 1. The highest BCUT2D eigenvalue weighted by Gasteiger charge is 2.23. The van der Waals surface area contributed by atoms with Gasteiger partial charge in [-0.2, -0.15) is 0 Å². The highest BCUT2D eigenvalue weighted by atomic mass is 32.1. The average Bonchev–Trinajstić information content (AvgIpc) is 3.00. The molecule has 1 atom stereocenters. The largest absolute Gasteiger partial charge is 0.466 e. The van der Waals surface area contributed by atoms with Gasteiger partial charge in [0.1, 0.15) is 11.5 Å². The zero-order valence-corrected chi connectivity index (χ0v) is 13.1. The maximum atomic E-state index is 5.81. The van der Waals surface area contributed by atoms with Crippen LogP contribution < -0.4 is 5.32 Å². The quantitative estimate of drug-likeness (QED) is 0.752. The molecule has 2 heterocycles. The first-order chi connectivity index (χ1) is 9.63. The standard InChI is InChI=1S/C17H19NOS/c1-10-11(2)19-12(3)15(10)16(18-4)14-7-5-6-13-8-9-20-17(13)14/h5-9,16,18H,1-4H3. The second kappa shape index (κ2) is 5.08.